The molecule has 1 amide bonds. The van der Waals surface area contributed by atoms with Crippen LogP contribution in [0.15, 0.2) is 53.1 Å². The Balaban J connectivity index is 1.61. The second kappa shape index (κ2) is 7.54. The van der Waals surface area contributed by atoms with Crippen molar-refractivity contribution in [1.82, 2.24) is 15.6 Å². The van der Waals surface area contributed by atoms with E-state index >= 15 is 0 Å². The number of carbonyl (C=O) groups excluding carboxylic acids is 1. The van der Waals surface area contributed by atoms with Gasteiger partial charge in [0.1, 0.15) is 5.82 Å². The molecule has 140 valence electrons. The Morgan fingerprint density at radius 3 is 2.52 bits per heavy atom. The fraction of sp³-hybridized carbons (Fsp3) is 0.118. The van der Waals surface area contributed by atoms with E-state index in [2.05, 4.69) is 10.1 Å². The van der Waals surface area contributed by atoms with Gasteiger partial charge in [0.15, 0.2) is 6.61 Å². The predicted octanol–water partition coefficient (Wildman–Crippen LogP) is 3.76. The molecule has 0 fully saturated rings. The number of amides is 1. The number of rotatable bonds is 5. The molecule has 0 bridgehead atoms. The van der Waals surface area contributed by atoms with Crippen molar-refractivity contribution in [3.63, 3.8) is 0 Å². The molecule has 1 N–H and O–H groups in total. The topological polar surface area (TPSA) is 77.2 Å². The van der Waals surface area contributed by atoms with Gasteiger partial charge in [-0.2, -0.15) is 18.2 Å². The average Bonchev–Trinajstić information content (AvgIpc) is 3.10. The molecule has 2 aromatic carbocycles. The molecule has 1 heterocycles. The summed E-state index contributed by atoms with van der Waals surface area (Å²) in [6.07, 6.45) is -4.68. The van der Waals surface area contributed by atoms with E-state index in [1.54, 1.807) is 0 Å². The lowest BCUT2D eigenvalue weighted by molar-refractivity contribution is -0.138. The first-order valence-corrected chi connectivity index (χ1v) is 7.51. The monoisotopic (exact) mass is 381 g/mol. The minimum absolute atomic E-state index is 0.0290. The van der Waals surface area contributed by atoms with Gasteiger partial charge in [0.25, 0.3) is 11.8 Å². The first-order chi connectivity index (χ1) is 12.8. The number of alkyl halides is 3. The molecule has 27 heavy (non-hydrogen) atoms. The number of carbonyl (C=O) groups is 1. The fourth-order valence-electron chi connectivity index (χ4n) is 2.18. The Morgan fingerprint density at radius 1 is 1.11 bits per heavy atom. The standard InChI is InChI=1S/C17H11F4N3O3/c18-11-7-5-10(6-8-11)15-22-14(27-23-15)9-26-24-16(25)12-3-1-2-4-13(12)17(19,20)21/h1-8H,9H2,(H,24,25). The van der Waals surface area contributed by atoms with Crippen molar-refractivity contribution >= 4 is 5.91 Å². The lowest BCUT2D eigenvalue weighted by Gasteiger charge is -2.12. The Hall–Kier alpha value is -3.27. The molecule has 3 rings (SSSR count). The summed E-state index contributed by atoms with van der Waals surface area (Å²) in [6.45, 7) is -0.367. The number of nitrogens with zero attached hydrogens (tertiary/aromatic N) is 2. The van der Waals surface area contributed by atoms with Crippen LogP contribution in [-0.4, -0.2) is 16.0 Å². The van der Waals surface area contributed by atoms with Crippen LogP contribution < -0.4 is 5.48 Å². The van der Waals surface area contributed by atoms with Gasteiger partial charge in [-0.05, 0) is 36.4 Å². The van der Waals surface area contributed by atoms with Gasteiger partial charge >= 0.3 is 6.18 Å². The zero-order chi connectivity index (χ0) is 19.4. The van der Waals surface area contributed by atoms with Gasteiger partial charge in [-0.3, -0.25) is 9.63 Å². The van der Waals surface area contributed by atoms with Crippen LogP contribution in [0.3, 0.4) is 0 Å². The van der Waals surface area contributed by atoms with Gasteiger partial charge in [0.2, 0.25) is 5.82 Å². The third-order valence-corrected chi connectivity index (χ3v) is 3.41. The van der Waals surface area contributed by atoms with Gasteiger partial charge < -0.3 is 4.52 Å². The second-order valence-electron chi connectivity index (χ2n) is 5.28. The highest BCUT2D eigenvalue weighted by atomic mass is 19.4. The summed E-state index contributed by atoms with van der Waals surface area (Å²) in [4.78, 5) is 20.8. The molecular weight excluding hydrogens is 370 g/mol. The van der Waals surface area contributed by atoms with Gasteiger partial charge in [-0.25, -0.2) is 9.87 Å². The van der Waals surface area contributed by atoms with E-state index in [-0.39, 0.29) is 18.3 Å². The van der Waals surface area contributed by atoms with Crippen LogP contribution in [-0.2, 0) is 17.6 Å². The Labute approximate surface area is 149 Å². The third kappa shape index (κ3) is 4.47. The van der Waals surface area contributed by atoms with Crippen molar-refractivity contribution in [2.24, 2.45) is 0 Å². The van der Waals surface area contributed by atoms with E-state index in [0.29, 0.717) is 5.56 Å². The quantitative estimate of drug-likeness (QED) is 0.538. The van der Waals surface area contributed by atoms with Crippen molar-refractivity contribution in [3.8, 4) is 11.4 Å². The molecule has 0 aliphatic rings. The molecule has 0 saturated heterocycles. The van der Waals surface area contributed by atoms with E-state index in [4.69, 9.17) is 9.36 Å². The summed E-state index contributed by atoms with van der Waals surface area (Å²) in [5.41, 5.74) is 0.733. The zero-order valence-electron chi connectivity index (χ0n) is 13.5. The summed E-state index contributed by atoms with van der Waals surface area (Å²) >= 11 is 0. The van der Waals surface area contributed by atoms with E-state index < -0.39 is 29.0 Å². The van der Waals surface area contributed by atoms with E-state index in [0.717, 1.165) is 12.1 Å². The number of aromatic nitrogens is 2. The number of hydroxylamine groups is 1. The van der Waals surface area contributed by atoms with E-state index in [1.807, 2.05) is 5.48 Å². The Morgan fingerprint density at radius 2 is 1.81 bits per heavy atom. The highest BCUT2D eigenvalue weighted by molar-refractivity contribution is 5.95. The smallest absolute Gasteiger partial charge is 0.336 e. The van der Waals surface area contributed by atoms with Crippen molar-refractivity contribution in [2.45, 2.75) is 12.8 Å². The van der Waals surface area contributed by atoms with Crippen LogP contribution >= 0.6 is 0 Å². The van der Waals surface area contributed by atoms with Crippen molar-refractivity contribution in [1.29, 1.82) is 0 Å². The average molecular weight is 381 g/mol. The summed E-state index contributed by atoms with van der Waals surface area (Å²) in [5, 5.41) is 3.67. The molecule has 0 aliphatic heterocycles. The molecular formula is C17H11F4N3O3. The first-order valence-electron chi connectivity index (χ1n) is 7.51. The maximum Gasteiger partial charge on any atom is 0.417 e. The third-order valence-electron chi connectivity index (χ3n) is 3.41. The number of benzene rings is 2. The summed E-state index contributed by atoms with van der Waals surface area (Å²) < 4.78 is 56.5. The molecule has 0 saturated carbocycles. The summed E-state index contributed by atoms with van der Waals surface area (Å²) in [5.74, 6) is -1.35. The Bertz CT molecular complexity index is 939. The van der Waals surface area contributed by atoms with Gasteiger partial charge in [0, 0.05) is 5.56 Å². The SMILES string of the molecule is O=C(NOCc1nc(-c2ccc(F)cc2)no1)c1ccccc1C(F)(F)F. The molecule has 10 heteroatoms. The van der Waals surface area contributed by atoms with Crippen LogP contribution in [0.1, 0.15) is 21.8 Å². The Kier molecular flexibility index (Phi) is 5.17. The number of hydrogen-bond acceptors (Lipinski definition) is 5. The zero-order valence-corrected chi connectivity index (χ0v) is 13.5. The van der Waals surface area contributed by atoms with Gasteiger partial charge in [0.05, 0.1) is 11.1 Å². The fourth-order valence-corrected chi connectivity index (χ4v) is 2.18. The van der Waals surface area contributed by atoms with Crippen LogP contribution in [0.5, 0.6) is 0 Å². The van der Waals surface area contributed by atoms with Gasteiger partial charge in [-0.1, -0.05) is 17.3 Å². The van der Waals surface area contributed by atoms with E-state index in [1.165, 1.54) is 36.4 Å². The minimum Gasteiger partial charge on any atom is -0.336 e. The number of hydrogen-bond donors (Lipinski definition) is 1. The molecule has 0 radical (unpaired) electrons. The first kappa shape index (κ1) is 18.5. The molecule has 1 aromatic heterocycles. The van der Waals surface area contributed by atoms with Crippen LogP contribution in [0, 0.1) is 5.82 Å². The highest BCUT2D eigenvalue weighted by Crippen LogP contribution is 2.31. The van der Waals surface area contributed by atoms with Gasteiger partial charge in [-0.15, -0.1) is 0 Å². The number of nitrogens with one attached hydrogen (secondary N) is 1. The lowest BCUT2D eigenvalue weighted by atomic mass is 10.1. The van der Waals surface area contributed by atoms with Crippen molar-refractivity contribution in [3.05, 3.63) is 71.4 Å². The maximum absolute atomic E-state index is 12.9. The number of halogens is 4. The molecule has 0 aliphatic carbocycles. The molecule has 0 unspecified atom stereocenters. The molecule has 3 aromatic rings. The summed E-state index contributed by atoms with van der Waals surface area (Å²) in [6, 6.07) is 9.64. The van der Waals surface area contributed by atoms with Crippen LogP contribution in [0.2, 0.25) is 0 Å². The predicted molar refractivity (Wildman–Crippen MR) is 83.4 cm³/mol. The molecule has 0 spiro atoms. The van der Waals surface area contributed by atoms with E-state index in [9.17, 15) is 22.4 Å². The summed E-state index contributed by atoms with van der Waals surface area (Å²) in [7, 11) is 0. The maximum atomic E-state index is 12.9. The lowest BCUT2D eigenvalue weighted by Crippen LogP contribution is -2.26. The highest BCUT2D eigenvalue weighted by Gasteiger charge is 2.34. The van der Waals surface area contributed by atoms with Crippen molar-refractivity contribution < 1.29 is 31.7 Å². The van der Waals surface area contributed by atoms with Crippen molar-refractivity contribution in [2.75, 3.05) is 0 Å². The minimum atomic E-state index is -4.68. The largest absolute Gasteiger partial charge is 0.417 e. The molecule has 0 atom stereocenters. The second-order valence-corrected chi connectivity index (χ2v) is 5.28. The molecule has 6 nitrogen and oxygen atoms in total. The van der Waals surface area contributed by atoms with Crippen LogP contribution in [0.25, 0.3) is 11.4 Å². The normalized spacial score (nSPS) is 11.4. The van der Waals surface area contributed by atoms with Crippen LogP contribution in [0.4, 0.5) is 17.6 Å².